The van der Waals surface area contributed by atoms with Crippen LogP contribution in [0.15, 0.2) is 41.6 Å². The van der Waals surface area contributed by atoms with Crippen molar-refractivity contribution < 1.29 is 17.9 Å². The molecule has 3 saturated heterocycles. The summed E-state index contributed by atoms with van der Waals surface area (Å²) in [7, 11) is -2.31. The number of nitrogens with zero attached hydrogens (tertiary/aromatic N) is 4. The van der Waals surface area contributed by atoms with Crippen molar-refractivity contribution >= 4 is 21.8 Å². The molecule has 152 valence electrons. The zero-order valence-electron chi connectivity index (χ0n) is 16.1. The Morgan fingerprint density at radius 3 is 2.41 bits per heavy atom. The van der Waals surface area contributed by atoms with Crippen molar-refractivity contribution in [3.63, 3.8) is 0 Å². The summed E-state index contributed by atoms with van der Waals surface area (Å²) in [5.74, 6) is 0.956. The van der Waals surface area contributed by atoms with Gasteiger partial charge >= 0.3 is 5.97 Å². The molecule has 8 nitrogen and oxygen atoms in total. The quantitative estimate of drug-likeness (QED) is 0.689. The Kier molecular flexibility index (Phi) is 4.32. The Morgan fingerprint density at radius 1 is 1.10 bits per heavy atom. The van der Waals surface area contributed by atoms with Gasteiger partial charge in [0.05, 0.1) is 17.6 Å². The number of piperazine rings is 1. The van der Waals surface area contributed by atoms with E-state index in [0.29, 0.717) is 24.6 Å². The second kappa shape index (κ2) is 6.77. The third kappa shape index (κ3) is 3.18. The molecule has 0 N–H and O–H groups in total. The number of piperidine rings is 1. The Labute approximate surface area is 169 Å². The van der Waals surface area contributed by atoms with Gasteiger partial charge in [0.15, 0.2) is 0 Å². The van der Waals surface area contributed by atoms with Gasteiger partial charge in [-0.15, -0.1) is 0 Å². The number of sulfonamides is 1. The zero-order valence-corrected chi connectivity index (χ0v) is 16.9. The van der Waals surface area contributed by atoms with Crippen molar-refractivity contribution in [2.45, 2.75) is 42.2 Å². The number of ether oxygens (including phenoxy) is 1. The van der Waals surface area contributed by atoms with Crippen molar-refractivity contribution in [3.8, 4) is 0 Å². The van der Waals surface area contributed by atoms with Gasteiger partial charge < -0.3 is 9.64 Å². The molecule has 0 radical (unpaired) electrons. The summed E-state index contributed by atoms with van der Waals surface area (Å²) in [6.07, 6.45) is 4.84. The van der Waals surface area contributed by atoms with Crippen LogP contribution in [0.3, 0.4) is 0 Å². The summed E-state index contributed by atoms with van der Waals surface area (Å²) in [6, 6.07) is 7.82. The van der Waals surface area contributed by atoms with E-state index in [9.17, 15) is 13.2 Å². The van der Waals surface area contributed by atoms with Gasteiger partial charge in [-0.05, 0) is 43.5 Å². The lowest BCUT2D eigenvalue weighted by Crippen LogP contribution is -2.70. The fourth-order valence-electron chi connectivity index (χ4n) is 4.29. The van der Waals surface area contributed by atoms with Crippen LogP contribution < -0.4 is 4.90 Å². The Morgan fingerprint density at radius 2 is 1.79 bits per heavy atom. The first-order valence-corrected chi connectivity index (χ1v) is 11.2. The van der Waals surface area contributed by atoms with Crippen molar-refractivity contribution in [3.05, 3.63) is 47.9 Å². The Bertz CT molecular complexity index is 1040. The molecule has 0 amide bonds. The van der Waals surface area contributed by atoms with Gasteiger partial charge in [0.2, 0.25) is 10.0 Å². The van der Waals surface area contributed by atoms with E-state index in [2.05, 4.69) is 19.6 Å². The van der Waals surface area contributed by atoms with Crippen LogP contribution in [0.5, 0.6) is 0 Å². The highest BCUT2D eigenvalue weighted by Crippen LogP contribution is 2.41. The number of carbonyl (C=O) groups excluding carboxylic acids is 1. The lowest BCUT2D eigenvalue weighted by molar-refractivity contribution is 0.0600. The first-order chi connectivity index (χ1) is 14.0. The van der Waals surface area contributed by atoms with Gasteiger partial charge in [0, 0.05) is 42.9 Å². The number of anilines is 1. The molecule has 4 heterocycles. The molecular weight excluding hydrogens is 392 g/mol. The molecule has 1 aromatic heterocycles. The SMILES string of the molecule is COC(=O)c1ccc(S(=O)(=O)N2C3CC2CN(c2cc(C4CC4)ncn2)C3)cc1. The maximum atomic E-state index is 13.1. The molecule has 9 heteroatoms. The van der Waals surface area contributed by atoms with E-state index in [4.69, 9.17) is 0 Å². The third-order valence-electron chi connectivity index (χ3n) is 5.97. The molecule has 1 aromatic carbocycles. The van der Waals surface area contributed by atoms with Crippen LogP contribution in [0.25, 0.3) is 0 Å². The summed E-state index contributed by atoms with van der Waals surface area (Å²) >= 11 is 0. The van der Waals surface area contributed by atoms with Gasteiger partial charge in [-0.2, -0.15) is 4.31 Å². The smallest absolute Gasteiger partial charge is 0.337 e. The number of fused-ring (bicyclic) bond motifs is 2. The maximum Gasteiger partial charge on any atom is 0.337 e. The predicted octanol–water partition coefficient (Wildman–Crippen LogP) is 1.79. The molecule has 2 unspecified atom stereocenters. The topological polar surface area (TPSA) is 92.7 Å². The number of aromatic nitrogens is 2. The standard InChI is InChI=1S/C20H22N4O4S/c1-28-20(25)14-4-6-17(7-5-14)29(26,27)24-15-8-16(24)11-23(10-15)19-9-18(13-2-3-13)21-12-22-19/h4-7,9,12-13,15-16H,2-3,8,10-11H2,1H3. The van der Waals surface area contributed by atoms with Crippen molar-refractivity contribution in [1.29, 1.82) is 0 Å². The summed E-state index contributed by atoms with van der Waals surface area (Å²) in [5.41, 5.74) is 1.42. The van der Waals surface area contributed by atoms with Crippen LogP contribution in [0.4, 0.5) is 5.82 Å². The van der Waals surface area contributed by atoms with Gasteiger partial charge in [-0.1, -0.05) is 0 Å². The monoisotopic (exact) mass is 414 g/mol. The molecule has 4 aliphatic rings. The summed E-state index contributed by atoms with van der Waals surface area (Å²) in [5, 5.41) is 0. The number of benzene rings is 1. The average Bonchev–Trinajstić information content (AvgIpc) is 3.58. The van der Waals surface area contributed by atoms with Crippen LogP contribution in [0.1, 0.15) is 41.2 Å². The minimum absolute atomic E-state index is 0.0710. The van der Waals surface area contributed by atoms with Crippen LogP contribution >= 0.6 is 0 Å². The summed E-state index contributed by atoms with van der Waals surface area (Å²) in [4.78, 5) is 22.7. The van der Waals surface area contributed by atoms with Crippen LogP contribution in [0, 0.1) is 0 Å². The minimum atomic E-state index is -3.61. The fourth-order valence-corrected chi connectivity index (χ4v) is 6.11. The molecule has 2 atom stereocenters. The maximum absolute atomic E-state index is 13.1. The van der Waals surface area contributed by atoms with Crippen molar-refractivity contribution in [1.82, 2.24) is 14.3 Å². The van der Waals surface area contributed by atoms with E-state index in [-0.39, 0.29) is 17.0 Å². The van der Waals surface area contributed by atoms with Gasteiger partial charge in [-0.25, -0.2) is 23.2 Å². The molecule has 1 aliphatic carbocycles. The van der Waals surface area contributed by atoms with E-state index in [1.54, 1.807) is 10.6 Å². The molecule has 29 heavy (non-hydrogen) atoms. The fraction of sp³-hybridized carbons (Fsp3) is 0.450. The number of hydrogen-bond acceptors (Lipinski definition) is 7. The van der Waals surface area contributed by atoms with Crippen molar-refractivity contribution in [2.24, 2.45) is 0 Å². The molecule has 2 bridgehead atoms. The largest absolute Gasteiger partial charge is 0.465 e. The van der Waals surface area contributed by atoms with E-state index in [1.807, 2.05) is 6.07 Å². The highest BCUT2D eigenvalue weighted by Gasteiger charge is 2.51. The van der Waals surface area contributed by atoms with Crippen LogP contribution in [-0.2, 0) is 14.8 Å². The van der Waals surface area contributed by atoms with E-state index in [1.165, 1.54) is 44.2 Å². The minimum Gasteiger partial charge on any atom is -0.465 e. The van der Waals surface area contributed by atoms with E-state index in [0.717, 1.165) is 17.9 Å². The molecule has 0 spiro atoms. The summed E-state index contributed by atoms with van der Waals surface area (Å²) < 4.78 is 32.6. The number of methoxy groups -OCH3 is 1. The zero-order chi connectivity index (χ0) is 20.2. The number of carbonyl (C=O) groups is 1. The first-order valence-electron chi connectivity index (χ1n) is 9.76. The second-order valence-electron chi connectivity index (χ2n) is 7.87. The number of hydrogen-bond donors (Lipinski definition) is 0. The summed E-state index contributed by atoms with van der Waals surface area (Å²) in [6.45, 7) is 1.24. The lowest BCUT2D eigenvalue weighted by Gasteiger charge is -2.55. The van der Waals surface area contributed by atoms with Gasteiger partial charge in [-0.3, -0.25) is 0 Å². The van der Waals surface area contributed by atoms with Crippen LogP contribution in [0.2, 0.25) is 0 Å². The van der Waals surface area contributed by atoms with Gasteiger partial charge in [0.1, 0.15) is 12.1 Å². The van der Waals surface area contributed by atoms with E-state index < -0.39 is 16.0 Å². The number of rotatable bonds is 5. The molecule has 6 rings (SSSR count). The van der Waals surface area contributed by atoms with E-state index >= 15 is 0 Å². The normalized spacial score (nSPS) is 24.1. The number of esters is 1. The van der Waals surface area contributed by atoms with Crippen molar-refractivity contribution in [2.75, 3.05) is 25.1 Å². The third-order valence-corrected chi connectivity index (χ3v) is 7.99. The molecule has 3 aliphatic heterocycles. The average molecular weight is 414 g/mol. The Balaban J connectivity index is 1.33. The molecule has 4 fully saturated rings. The highest BCUT2D eigenvalue weighted by atomic mass is 32.2. The second-order valence-corrected chi connectivity index (χ2v) is 9.72. The molecular formula is C20H22N4O4S. The van der Waals surface area contributed by atoms with Crippen LogP contribution in [-0.4, -0.2) is 60.9 Å². The Hall–Kier alpha value is -2.52. The lowest BCUT2D eigenvalue weighted by atomic mass is 9.91. The predicted molar refractivity (Wildman–Crippen MR) is 105 cm³/mol. The molecule has 2 aromatic rings. The first kappa shape index (κ1) is 18.5. The molecule has 1 saturated carbocycles. The highest BCUT2D eigenvalue weighted by molar-refractivity contribution is 7.89. The van der Waals surface area contributed by atoms with Gasteiger partial charge in [0.25, 0.3) is 0 Å².